The van der Waals surface area contributed by atoms with Gasteiger partial charge >= 0.3 is 0 Å². The Morgan fingerprint density at radius 2 is 1.25 bits per heavy atom. The van der Waals surface area contributed by atoms with Gasteiger partial charge in [-0.3, -0.25) is 0 Å². The highest BCUT2D eigenvalue weighted by molar-refractivity contribution is 7.99. The maximum atomic E-state index is 2.47. The Morgan fingerprint density at radius 3 is 2.04 bits per heavy atom. The van der Waals surface area contributed by atoms with Gasteiger partial charge < -0.3 is 9.80 Å². The maximum absolute atomic E-state index is 2.47. The summed E-state index contributed by atoms with van der Waals surface area (Å²) in [5.74, 6) is 0. The van der Waals surface area contributed by atoms with Crippen LogP contribution in [0.2, 0.25) is 0 Å². The summed E-state index contributed by atoms with van der Waals surface area (Å²) in [6, 6.07) is 30.0. The first kappa shape index (κ1) is 15.2. The molecule has 0 atom stereocenters. The van der Waals surface area contributed by atoms with E-state index in [2.05, 4.69) is 94.7 Å². The topological polar surface area (TPSA) is 6.48 Å². The van der Waals surface area contributed by atoms with Crippen molar-refractivity contribution >= 4 is 23.1 Å². The van der Waals surface area contributed by atoms with Crippen LogP contribution in [0.4, 0.5) is 11.4 Å². The van der Waals surface area contributed by atoms with Crippen molar-refractivity contribution in [1.82, 2.24) is 0 Å². The van der Waals surface area contributed by atoms with Crippen LogP contribution in [0.5, 0.6) is 0 Å². The van der Waals surface area contributed by atoms with Gasteiger partial charge in [-0.1, -0.05) is 60.3 Å². The molecule has 3 aromatic rings. The Hall–Kier alpha value is -2.39. The van der Waals surface area contributed by atoms with Crippen LogP contribution in [0.1, 0.15) is 0 Å². The molecule has 0 saturated carbocycles. The van der Waals surface area contributed by atoms with Gasteiger partial charge in [-0.05, 0) is 36.4 Å². The molecular weight excluding hydrogens is 312 g/mol. The third-order valence-electron chi connectivity index (χ3n) is 4.28. The Labute approximate surface area is 147 Å². The molecule has 3 heteroatoms. The normalized spacial score (nSPS) is 14.2. The van der Waals surface area contributed by atoms with E-state index in [1.54, 1.807) is 0 Å². The smallest absolute Gasteiger partial charge is 0.0904 e. The van der Waals surface area contributed by atoms with Crippen LogP contribution in [0.15, 0.2) is 94.7 Å². The van der Waals surface area contributed by atoms with Gasteiger partial charge in [0.1, 0.15) is 0 Å². The lowest BCUT2D eigenvalue weighted by atomic mass is 10.3. The van der Waals surface area contributed by atoms with Gasteiger partial charge in [-0.2, -0.15) is 0 Å². The second kappa shape index (κ2) is 7.02. The fourth-order valence-corrected chi connectivity index (χ4v) is 4.05. The number of rotatable bonds is 4. The molecule has 0 aliphatic carbocycles. The summed E-state index contributed by atoms with van der Waals surface area (Å²) in [7, 11) is 0. The van der Waals surface area contributed by atoms with Crippen molar-refractivity contribution in [3.63, 3.8) is 0 Å². The van der Waals surface area contributed by atoms with Gasteiger partial charge in [-0.25, -0.2) is 0 Å². The third kappa shape index (κ3) is 3.26. The minimum Gasteiger partial charge on any atom is -0.352 e. The SMILES string of the molecule is c1ccc(Sc2ccccc2N2CCN(c3ccccc3)C2)cc1. The van der Waals surface area contributed by atoms with Gasteiger partial charge in [0.15, 0.2) is 0 Å². The molecular formula is C21H20N2S. The molecule has 1 aliphatic rings. The number of para-hydroxylation sites is 2. The molecule has 0 aromatic heterocycles. The Balaban J connectivity index is 1.55. The van der Waals surface area contributed by atoms with Gasteiger partial charge in [-0.15, -0.1) is 0 Å². The summed E-state index contributed by atoms with van der Waals surface area (Å²) in [6.45, 7) is 3.06. The van der Waals surface area contributed by atoms with E-state index in [-0.39, 0.29) is 0 Å². The molecule has 3 aromatic carbocycles. The Bertz CT molecular complexity index is 789. The summed E-state index contributed by atoms with van der Waals surface area (Å²) >= 11 is 1.84. The monoisotopic (exact) mass is 332 g/mol. The zero-order valence-electron chi connectivity index (χ0n) is 13.5. The minimum absolute atomic E-state index is 0.941. The van der Waals surface area contributed by atoms with E-state index in [4.69, 9.17) is 0 Å². The summed E-state index contributed by atoms with van der Waals surface area (Å²) in [6.07, 6.45) is 0. The minimum atomic E-state index is 0.941. The van der Waals surface area contributed by atoms with Crippen LogP contribution >= 0.6 is 11.8 Å². The van der Waals surface area contributed by atoms with Crippen LogP contribution in [0, 0.1) is 0 Å². The van der Waals surface area contributed by atoms with Gasteiger partial charge in [0, 0.05) is 28.6 Å². The predicted octanol–water partition coefficient (Wildman–Crippen LogP) is 5.12. The van der Waals surface area contributed by atoms with E-state index in [0.717, 1.165) is 19.8 Å². The first-order valence-corrected chi connectivity index (χ1v) is 9.09. The molecule has 0 bridgehead atoms. The lowest BCUT2D eigenvalue weighted by molar-refractivity contribution is 0.938. The Morgan fingerprint density at radius 1 is 0.625 bits per heavy atom. The third-order valence-corrected chi connectivity index (χ3v) is 5.35. The van der Waals surface area contributed by atoms with Gasteiger partial charge in [0.2, 0.25) is 0 Å². The van der Waals surface area contributed by atoms with E-state index >= 15 is 0 Å². The largest absolute Gasteiger partial charge is 0.352 e. The van der Waals surface area contributed by atoms with Crippen molar-refractivity contribution in [2.75, 3.05) is 29.6 Å². The first-order chi connectivity index (χ1) is 11.9. The lowest BCUT2D eigenvalue weighted by Crippen LogP contribution is -2.25. The highest BCUT2D eigenvalue weighted by atomic mass is 32.2. The maximum Gasteiger partial charge on any atom is 0.0904 e. The van der Waals surface area contributed by atoms with Crippen molar-refractivity contribution < 1.29 is 0 Å². The van der Waals surface area contributed by atoms with Crippen molar-refractivity contribution in [2.24, 2.45) is 0 Å². The fourth-order valence-electron chi connectivity index (χ4n) is 3.06. The highest BCUT2D eigenvalue weighted by Gasteiger charge is 2.22. The van der Waals surface area contributed by atoms with Crippen molar-refractivity contribution in [1.29, 1.82) is 0 Å². The van der Waals surface area contributed by atoms with E-state index < -0.39 is 0 Å². The molecule has 0 amide bonds. The summed E-state index contributed by atoms with van der Waals surface area (Å²) < 4.78 is 0. The standard InChI is InChI=1S/C21H20N2S/c1-3-9-18(10-4-1)22-15-16-23(17-22)20-13-7-8-14-21(20)24-19-11-5-2-6-12-19/h1-14H,15-17H2. The second-order valence-electron chi connectivity index (χ2n) is 5.89. The second-order valence-corrected chi connectivity index (χ2v) is 7.00. The van der Waals surface area contributed by atoms with Gasteiger partial charge in [0.25, 0.3) is 0 Å². The van der Waals surface area contributed by atoms with Crippen LogP contribution < -0.4 is 9.80 Å². The number of nitrogens with zero attached hydrogens (tertiary/aromatic N) is 2. The average molecular weight is 332 g/mol. The zero-order valence-corrected chi connectivity index (χ0v) is 14.3. The predicted molar refractivity (Wildman–Crippen MR) is 103 cm³/mol. The van der Waals surface area contributed by atoms with E-state index in [1.807, 2.05) is 11.8 Å². The summed E-state index contributed by atoms with van der Waals surface area (Å²) in [4.78, 5) is 7.50. The lowest BCUT2D eigenvalue weighted by Gasteiger charge is -2.23. The molecule has 1 fully saturated rings. The molecule has 1 aliphatic heterocycles. The van der Waals surface area contributed by atoms with Crippen molar-refractivity contribution in [3.05, 3.63) is 84.9 Å². The molecule has 0 spiro atoms. The summed E-state index contributed by atoms with van der Waals surface area (Å²) in [5.41, 5.74) is 2.62. The number of hydrogen-bond acceptors (Lipinski definition) is 3. The first-order valence-electron chi connectivity index (χ1n) is 8.27. The molecule has 0 radical (unpaired) electrons. The van der Waals surface area contributed by atoms with Gasteiger partial charge in [0.05, 0.1) is 12.4 Å². The molecule has 1 saturated heterocycles. The number of anilines is 2. The Kier molecular flexibility index (Phi) is 4.43. The number of hydrogen-bond donors (Lipinski definition) is 0. The quantitative estimate of drug-likeness (QED) is 0.654. The fraction of sp³-hybridized carbons (Fsp3) is 0.143. The molecule has 2 nitrogen and oxygen atoms in total. The summed E-state index contributed by atoms with van der Waals surface area (Å²) in [5, 5.41) is 0. The highest BCUT2D eigenvalue weighted by Crippen LogP contribution is 2.36. The van der Waals surface area contributed by atoms with E-state index in [0.29, 0.717) is 0 Å². The van der Waals surface area contributed by atoms with Crippen molar-refractivity contribution in [2.45, 2.75) is 9.79 Å². The van der Waals surface area contributed by atoms with E-state index in [1.165, 1.54) is 21.2 Å². The zero-order chi connectivity index (χ0) is 16.2. The molecule has 24 heavy (non-hydrogen) atoms. The van der Waals surface area contributed by atoms with Crippen molar-refractivity contribution in [3.8, 4) is 0 Å². The van der Waals surface area contributed by atoms with E-state index in [9.17, 15) is 0 Å². The average Bonchev–Trinajstić information content (AvgIpc) is 3.14. The number of benzene rings is 3. The van der Waals surface area contributed by atoms with Crippen LogP contribution in [-0.2, 0) is 0 Å². The molecule has 0 unspecified atom stereocenters. The molecule has 0 N–H and O–H groups in total. The van der Waals surface area contributed by atoms with Crippen LogP contribution in [0.3, 0.4) is 0 Å². The molecule has 1 heterocycles. The molecule has 4 rings (SSSR count). The van der Waals surface area contributed by atoms with Crippen LogP contribution in [-0.4, -0.2) is 19.8 Å². The molecule has 120 valence electrons. The van der Waals surface area contributed by atoms with Crippen LogP contribution in [0.25, 0.3) is 0 Å².